The summed E-state index contributed by atoms with van der Waals surface area (Å²) in [5, 5.41) is 0.273. The number of hydrogen-bond donors (Lipinski definition) is 0. The summed E-state index contributed by atoms with van der Waals surface area (Å²) in [5.74, 6) is 0. The van der Waals surface area contributed by atoms with Crippen molar-refractivity contribution in [2.75, 3.05) is 13.2 Å². The van der Waals surface area contributed by atoms with Crippen LogP contribution in [-0.2, 0) is 36.7 Å². The van der Waals surface area contributed by atoms with E-state index in [1.807, 2.05) is 0 Å². The lowest BCUT2D eigenvalue weighted by Crippen LogP contribution is -2.65. The maximum atomic E-state index is 7.80. The second kappa shape index (κ2) is 22.3. The minimum atomic E-state index is -2.24. The third kappa shape index (κ3) is 12.8. The van der Waals surface area contributed by atoms with Crippen molar-refractivity contribution in [1.82, 2.24) is 0 Å². The molecule has 0 spiro atoms. The van der Waals surface area contributed by atoms with Gasteiger partial charge in [0.1, 0.15) is 6.10 Å². The molecule has 4 aliphatic heterocycles. The van der Waals surface area contributed by atoms with Crippen LogP contribution >= 0.6 is 0 Å². The van der Waals surface area contributed by atoms with E-state index in [9.17, 15) is 0 Å². The van der Waals surface area contributed by atoms with Crippen molar-refractivity contribution < 1.29 is 36.7 Å². The third-order valence-electron chi connectivity index (χ3n) is 18.7. The van der Waals surface area contributed by atoms with Crippen molar-refractivity contribution in [3.05, 3.63) is 0 Å². The molecule has 0 bridgehead atoms. The van der Waals surface area contributed by atoms with Gasteiger partial charge in [-0.3, -0.25) is 0 Å². The predicted molar refractivity (Wildman–Crippen MR) is 288 cm³/mol. The molecule has 0 radical (unpaired) electrons. The summed E-state index contributed by atoms with van der Waals surface area (Å²) in [6, 6.07) is 0. The maximum absolute atomic E-state index is 7.80. The SMILES string of the molecule is CC(C)[Si](OCCC[C@@H]1C[C@H](O[Si](C(C)C)(C(C)C)C(C)C)[C@@H]2O[C@]3(C)CC[C@@H]4O[C@H](CCCO[Si](C)(C)C(C)(C)C)[C@@](C)(O[Si](C)(C)C(C)(C)C)CC[C@H]4O[C@H]3C[C@H]2O1)(C(C)C)C(C)C. The van der Waals surface area contributed by atoms with Crippen molar-refractivity contribution in [3.8, 4) is 0 Å². The van der Waals surface area contributed by atoms with Crippen molar-refractivity contribution in [1.29, 1.82) is 0 Å². The molecular formula is C54H110O8Si4. The van der Waals surface area contributed by atoms with E-state index < -0.39 is 44.5 Å². The molecule has 8 nitrogen and oxygen atoms in total. The van der Waals surface area contributed by atoms with Gasteiger partial charge in [0.25, 0.3) is 0 Å². The smallest absolute Gasteiger partial charge is 0.200 e. The second-order valence-corrected chi connectivity index (χ2v) is 47.7. The molecule has 0 aliphatic carbocycles. The normalized spacial score (nSPS) is 32.3. The molecule has 0 aromatic carbocycles. The van der Waals surface area contributed by atoms with E-state index in [4.69, 9.17) is 36.7 Å². The Bertz CT molecular complexity index is 1460. The fourth-order valence-corrected chi connectivity index (χ4v) is 26.8. The Morgan fingerprint density at radius 3 is 1.56 bits per heavy atom. The molecule has 0 N–H and O–H groups in total. The van der Waals surface area contributed by atoms with Crippen LogP contribution in [0, 0.1) is 0 Å². The molecule has 4 rings (SSSR count). The van der Waals surface area contributed by atoms with Crippen molar-refractivity contribution in [2.24, 2.45) is 0 Å². The standard InChI is InChI=1S/C54H110O8Si4/c1-37(2)65(38(3)4,39(5)6)56-34-25-27-43-35-47(61-66(40(7)8,41(9)10)42(11)12)50-46(57-43)36-49-53(19,60-50)31-29-44-45(59-49)30-32-54(20,62-64(23,24)52(16,17)18)48(58-44)28-26-33-55-63(21,22)51(13,14)15/h37-50H,25-36H2,1-24H3/t43-,44+,45-,46-,47+,48-,49+,50-,53-,54+/m1/s1. The molecule has 12 heteroatoms. The Balaban J connectivity index is 1.62. The molecule has 0 amide bonds. The molecular weight excluding hydrogens is 889 g/mol. The van der Waals surface area contributed by atoms with Gasteiger partial charge in [-0.05, 0) is 135 Å². The van der Waals surface area contributed by atoms with Crippen molar-refractivity contribution in [3.63, 3.8) is 0 Å². The molecule has 4 fully saturated rings. The van der Waals surface area contributed by atoms with E-state index >= 15 is 0 Å². The molecule has 10 atom stereocenters. The molecule has 4 saturated heterocycles. The van der Waals surface area contributed by atoms with E-state index in [2.05, 4.69) is 165 Å². The quantitative estimate of drug-likeness (QED) is 0.0882. The molecule has 0 aromatic rings. The predicted octanol–water partition coefficient (Wildman–Crippen LogP) is 15.9. The van der Waals surface area contributed by atoms with Crippen LogP contribution in [0.15, 0.2) is 0 Å². The van der Waals surface area contributed by atoms with Gasteiger partial charge in [0.2, 0.25) is 8.32 Å². The summed E-state index contributed by atoms with van der Waals surface area (Å²) in [7, 11) is -8.18. The Labute approximate surface area is 413 Å². The van der Waals surface area contributed by atoms with Gasteiger partial charge >= 0.3 is 0 Å². The first kappa shape index (κ1) is 59.1. The van der Waals surface area contributed by atoms with E-state index in [1.54, 1.807) is 0 Å². The lowest BCUT2D eigenvalue weighted by Gasteiger charge is -2.55. The van der Waals surface area contributed by atoms with Crippen LogP contribution in [0.4, 0.5) is 0 Å². The van der Waals surface area contributed by atoms with Crippen LogP contribution in [0.1, 0.15) is 203 Å². The van der Waals surface area contributed by atoms with Crippen LogP contribution in [0.25, 0.3) is 0 Å². The van der Waals surface area contributed by atoms with Crippen LogP contribution < -0.4 is 0 Å². The van der Waals surface area contributed by atoms with Crippen LogP contribution in [-0.4, -0.2) is 107 Å². The number of fused-ring (bicyclic) bond motifs is 3. The minimum Gasteiger partial charge on any atom is -0.417 e. The maximum Gasteiger partial charge on any atom is 0.200 e. The van der Waals surface area contributed by atoms with Gasteiger partial charge in [-0.2, -0.15) is 0 Å². The van der Waals surface area contributed by atoms with E-state index in [-0.39, 0.29) is 58.9 Å². The first-order chi connectivity index (χ1) is 30.1. The largest absolute Gasteiger partial charge is 0.417 e. The fraction of sp³-hybridized carbons (Fsp3) is 1.00. The Kier molecular flexibility index (Phi) is 20.0. The minimum absolute atomic E-state index is 0.0159. The van der Waals surface area contributed by atoms with E-state index in [1.165, 1.54) is 0 Å². The zero-order valence-electron chi connectivity index (χ0n) is 47.8. The Morgan fingerprint density at radius 2 is 1.05 bits per heavy atom. The molecule has 66 heavy (non-hydrogen) atoms. The van der Waals surface area contributed by atoms with Gasteiger partial charge in [0.15, 0.2) is 25.0 Å². The average molecular weight is 1000 g/mol. The number of rotatable bonds is 20. The molecule has 4 aliphatic rings. The van der Waals surface area contributed by atoms with Gasteiger partial charge < -0.3 is 36.7 Å². The van der Waals surface area contributed by atoms with E-state index in [0.29, 0.717) is 33.2 Å². The first-order valence-corrected chi connectivity index (χ1v) is 37.5. The summed E-state index contributed by atoms with van der Waals surface area (Å²) < 4.78 is 58.8. The van der Waals surface area contributed by atoms with Gasteiger partial charge in [0.05, 0.1) is 53.9 Å². The zero-order valence-corrected chi connectivity index (χ0v) is 51.8. The fourth-order valence-electron chi connectivity index (χ4n) is 13.0. The van der Waals surface area contributed by atoms with Crippen molar-refractivity contribution in [2.45, 2.75) is 332 Å². The molecule has 4 heterocycles. The summed E-state index contributed by atoms with van der Waals surface area (Å²) >= 11 is 0. The topological polar surface area (TPSA) is 73.8 Å². The van der Waals surface area contributed by atoms with Crippen LogP contribution in [0.3, 0.4) is 0 Å². The van der Waals surface area contributed by atoms with Gasteiger partial charge in [-0.15, -0.1) is 0 Å². The van der Waals surface area contributed by atoms with Crippen LogP contribution in [0.2, 0.25) is 69.5 Å². The summed E-state index contributed by atoms with van der Waals surface area (Å²) in [4.78, 5) is 0. The molecule has 390 valence electrons. The second-order valence-electron chi connectivity index (χ2n) is 27.3. The average Bonchev–Trinajstić information content (AvgIpc) is 3.37. The first-order valence-electron chi connectivity index (χ1n) is 27.4. The molecule has 0 aromatic heterocycles. The van der Waals surface area contributed by atoms with E-state index in [0.717, 1.165) is 77.4 Å². The summed E-state index contributed by atoms with van der Waals surface area (Å²) in [6.45, 7) is 58.5. The van der Waals surface area contributed by atoms with Gasteiger partial charge in [-0.1, -0.05) is 125 Å². The lowest BCUT2D eigenvalue weighted by atomic mass is 9.81. The molecule has 0 unspecified atom stereocenters. The Morgan fingerprint density at radius 1 is 0.561 bits per heavy atom. The Hall–Kier alpha value is 0.548. The number of hydrogen-bond acceptors (Lipinski definition) is 8. The van der Waals surface area contributed by atoms with Gasteiger partial charge in [0, 0.05) is 26.1 Å². The highest BCUT2D eigenvalue weighted by Gasteiger charge is 2.59. The summed E-state index contributed by atoms with van der Waals surface area (Å²) in [5.41, 5.74) is 2.31. The van der Waals surface area contributed by atoms with Gasteiger partial charge in [-0.25, -0.2) is 0 Å². The highest BCUT2D eigenvalue weighted by molar-refractivity contribution is 6.78. The third-order valence-corrected chi connectivity index (χ3v) is 40.1. The highest BCUT2D eigenvalue weighted by atomic mass is 28.4. The zero-order chi connectivity index (χ0) is 50.2. The summed E-state index contributed by atoms with van der Waals surface area (Å²) in [6.07, 6.45) is 8.73. The van der Waals surface area contributed by atoms with Crippen molar-refractivity contribution >= 4 is 33.3 Å². The van der Waals surface area contributed by atoms with Crippen LogP contribution in [0.5, 0.6) is 0 Å². The highest BCUT2D eigenvalue weighted by Crippen LogP contribution is 2.51. The molecule has 0 saturated carbocycles. The lowest BCUT2D eigenvalue weighted by molar-refractivity contribution is -0.290. The monoisotopic (exact) mass is 999 g/mol. The number of ether oxygens (including phenoxy) is 4.